The second-order valence-corrected chi connectivity index (χ2v) is 13.0. The van der Waals surface area contributed by atoms with Gasteiger partial charge in [-0.1, -0.05) is 26.8 Å². The Morgan fingerprint density at radius 1 is 1.02 bits per heavy atom. The minimum atomic E-state index is -2.26. The lowest BCUT2D eigenvalue weighted by Gasteiger charge is -2.23. The number of alkyl halides is 1. The Morgan fingerprint density at radius 2 is 1.71 bits per heavy atom. The monoisotopic (exact) mass is 569 g/mol. The van der Waals surface area contributed by atoms with Crippen molar-refractivity contribution in [3.05, 3.63) is 53.5 Å². The number of halogens is 2. The van der Waals surface area contributed by atoms with Crippen molar-refractivity contribution in [1.82, 2.24) is 9.88 Å². The van der Waals surface area contributed by atoms with E-state index in [1.807, 2.05) is 10.6 Å². The summed E-state index contributed by atoms with van der Waals surface area (Å²) in [5.41, 5.74) is 0.624. The van der Waals surface area contributed by atoms with Crippen LogP contribution in [0.25, 0.3) is 10.9 Å². The first kappa shape index (κ1) is 28.7. The smallest absolute Gasteiger partial charge is 0.407 e. The second-order valence-electron chi connectivity index (χ2n) is 13.0. The molecule has 5 rings (SSSR count). The molecule has 2 aliphatic rings. The normalized spacial score (nSPS) is 19.2. The van der Waals surface area contributed by atoms with E-state index in [2.05, 4.69) is 31.4 Å². The van der Waals surface area contributed by atoms with Gasteiger partial charge in [0, 0.05) is 42.6 Å². The SMILES string of the molecule is CC(C)(C)OC(=O)NCCn1c(C(C)(C)C)cc2cc(NC(=O)C3(c4ccc5c(c4)OC(C)(F)O5)CC3)c(F)cc21. The predicted molar refractivity (Wildman–Crippen MR) is 152 cm³/mol. The number of hydrogen-bond donors (Lipinski definition) is 2. The van der Waals surface area contributed by atoms with Crippen LogP contribution in [0.1, 0.15) is 72.6 Å². The number of amides is 2. The first-order valence-corrected chi connectivity index (χ1v) is 13.8. The first-order valence-electron chi connectivity index (χ1n) is 13.8. The van der Waals surface area contributed by atoms with Crippen LogP contribution >= 0.6 is 0 Å². The molecule has 0 spiro atoms. The van der Waals surface area contributed by atoms with E-state index in [9.17, 15) is 14.0 Å². The number of aromatic nitrogens is 1. The van der Waals surface area contributed by atoms with Crippen molar-refractivity contribution in [3.8, 4) is 11.5 Å². The lowest BCUT2D eigenvalue weighted by molar-refractivity contribution is -0.173. The average molecular weight is 570 g/mol. The van der Waals surface area contributed by atoms with Crippen molar-refractivity contribution >= 4 is 28.6 Å². The largest absolute Gasteiger partial charge is 0.444 e. The quantitative estimate of drug-likeness (QED) is 0.345. The molecule has 0 saturated heterocycles. The molecule has 220 valence electrons. The standard InChI is InChI=1S/C31H37F2N3O5/c1-28(2,3)25-15-18-14-21(20(32)17-22(18)36(25)13-12-34-27(38)41-29(4,5)6)35-26(37)31(10-11-31)19-8-9-23-24(16-19)40-30(7,33)39-23/h8-9,14-17H,10-13H2,1-7H3,(H,34,38)(H,35,37). The Balaban J connectivity index is 1.38. The lowest BCUT2D eigenvalue weighted by atomic mass is 9.92. The van der Waals surface area contributed by atoms with Crippen molar-refractivity contribution in [2.45, 2.75) is 90.3 Å². The third-order valence-corrected chi connectivity index (χ3v) is 7.28. The number of benzene rings is 2. The minimum absolute atomic E-state index is 0.0790. The van der Waals surface area contributed by atoms with Gasteiger partial charge in [-0.15, -0.1) is 0 Å². The van der Waals surface area contributed by atoms with E-state index >= 15 is 4.39 Å². The summed E-state index contributed by atoms with van der Waals surface area (Å²) >= 11 is 0. The number of hydrogen-bond acceptors (Lipinski definition) is 5. The van der Waals surface area contributed by atoms with Crippen LogP contribution in [0, 0.1) is 5.82 Å². The van der Waals surface area contributed by atoms with E-state index in [0.717, 1.165) is 11.1 Å². The third-order valence-electron chi connectivity index (χ3n) is 7.28. The van der Waals surface area contributed by atoms with Crippen molar-refractivity contribution in [1.29, 1.82) is 0 Å². The molecule has 8 nitrogen and oxygen atoms in total. The van der Waals surface area contributed by atoms with Gasteiger partial charge in [0.15, 0.2) is 11.5 Å². The van der Waals surface area contributed by atoms with Crippen LogP contribution in [0.4, 0.5) is 19.3 Å². The molecule has 1 saturated carbocycles. The summed E-state index contributed by atoms with van der Waals surface area (Å²) in [6.45, 7) is 13.4. The first-order chi connectivity index (χ1) is 19.0. The predicted octanol–water partition coefficient (Wildman–Crippen LogP) is 6.69. The zero-order valence-electron chi connectivity index (χ0n) is 24.5. The number of carbonyl (C=O) groups is 2. The van der Waals surface area contributed by atoms with E-state index in [1.54, 1.807) is 45.0 Å². The molecule has 2 heterocycles. The lowest BCUT2D eigenvalue weighted by Crippen LogP contribution is -2.34. The Kier molecular flexibility index (Phi) is 6.74. The zero-order chi connectivity index (χ0) is 30.0. The number of rotatable bonds is 6. The molecular weight excluding hydrogens is 532 g/mol. The van der Waals surface area contributed by atoms with Gasteiger partial charge in [-0.25, -0.2) is 9.18 Å². The third kappa shape index (κ3) is 5.83. The summed E-state index contributed by atoms with van der Waals surface area (Å²) in [6.07, 6.45) is 0.632. The molecule has 2 amide bonds. The van der Waals surface area contributed by atoms with Gasteiger partial charge in [-0.2, -0.15) is 4.39 Å². The van der Waals surface area contributed by atoms with E-state index in [-0.39, 0.29) is 28.5 Å². The maximum atomic E-state index is 15.5. The highest BCUT2D eigenvalue weighted by atomic mass is 19.2. The van der Waals surface area contributed by atoms with Crippen molar-refractivity contribution in [2.24, 2.45) is 0 Å². The summed E-state index contributed by atoms with van der Waals surface area (Å²) in [4.78, 5) is 25.6. The van der Waals surface area contributed by atoms with E-state index in [0.29, 0.717) is 37.0 Å². The fourth-order valence-corrected chi connectivity index (χ4v) is 5.22. The van der Waals surface area contributed by atoms with Crippen molar-refractivity contribution in [3.63, 3.8) is 0 Å². The highest BCUT2D eigenvalue weighted by molar-refractivity contribution is 6.03. The van der Waals surface area contributed by atoms with Gasteiger partial charge in [0.1, 0.15) is 11.4 Å². The van der Waals surface area contributed by atoms with Gasteiger partial charge in [-0.05, 0) is 63.4 Å². The summed E-state index contributed by atoms with van der Waals surface area (Å²) in [5.74, 6) is -0.404. The molecule has 41 heavy (non-hydrogen) atoms. The van der Waals surface area contributed by atoms with Gasteiger partial charge >= 0.3 is 12.1 Å². The number of nitrogens with zero attached hydrogens (tertiary/aromatic N) is 1. The molecule has 10 heteroatoms. The molecule has 1 atom stereocenters. The van der Waals surface area contributed by atoms with Gasteiger partial charge < -0.3 is 29.4 Å². The molecule has 3 aromatic rings. The topological polar surface area (TPSA) is 90.8 Å². The number of fused-ring (bicyclic) bond motifs is 2. The van der Waals surface area contributed by atoms with Crippen LogP contribution in [0.5, 0.6) is 11.5 Å². The Morgan fingerprint density at radius 3 is 2.34 bits per heavy atom. The maximum absolute atomic E-state index is 15.5. The van der Waals surface area contributed by atoms with Crippen LogP contribution in [-0.2, 0) is 26.9 Å². The average Bonchev–Trinajstić information content (AvgIpc) is 3.48. The number of alkyl carbamates (subject to hydrolysis) is 1. The minimum Gasteiger partial charge on any atom is -0.444 e. The van der Waals surface area contributed by atoms with E-state index < -0.39 is 29.0 Å². The van der Waals surface area contributed by atoms with E-state index in [1.165, 1.54) is 13.0 Å². The van der Waals surface area contributed by atoms with Crippen LogP contribution in [0.2, 0.25) is 0 Å². The molecule has 2 N–H and O–H groups in total. The van der Waals surface area contributed by atoms with Crippen LogP contribution in [-0.4, -0.2) is 34.8 Å². The zero-order valence-corrected chi connectivity index (χ0v) is 24.5. The van der Waals surface area contributed by atoms with Crippen molar-refractivity contribution < 1.29 is 32.6 Å². The number of nitrogens with one attached hydrogen (secondary N) is 2. The summed E-state index contributed by atoms with van der Waals surface area (Å²) < 4.78 is 47.3. The van der Waals surface area contributed by atoms with E-state index in [4.69, 9.17) is 14.2 Å². The fraction of sp³-hybridized carbons (Fsp3) is 0.484. The Labute approximate surface area is 238 Å². The van der Waals surface area contributed by atoms with Gasteiger partial charge in [-0.3, -0.25) is 4.79 Å². The molecule has 1 fully saturated rings. The fourth-order valence-electron chi connectivity index (χ4n) is 5.22. The van der Waals surface area contributed by atoms with Gasteiger partial charge in [0.2, 0.25) is 5.91 Å². The summed E-state index contributed by atoms with van der Waals surface area (Å²) in [7, 11) is 0. The molecule has 1 aromatic heterocycles. The second kappa shape index (κ2) is 9.63. The Hall–Kier alpha value is -3.82. The molecular formula is C31H37F2N3O5. The summed E-state index contributed by atoms with van der Waals surface area (Å²) in [6, 6.07) is 7.70. The van der Waals surface area contributed by atoms with Crippen LogP contribution in [0.3, 0.4) is 0 Å². The maximum Gasteiger partial charge on any atom is 0.407 e. The molecule has 1 unspecified atom stereocenters. The molecule has 1 aliphatic heterocycles. The molecule has 0 bridgehead atoms. The highest BCUT2D eigenvalue weighted by Gasteiger charge is 2.52. The summed E-state index contributed by atoms with van der Waals surface area (Å²) in [5, 5.41) is 6.32. The Bertz CT molecular complexity index is 1530. The molecule has 0 radical (unpaired) electrons. The number of ether oxygens (including phenoxy) is 3. The molecule has 1 aliphatic carbocycles. The van der Waals surface area contributed by atoms with Crippen LogP contribution in [0.15, 0.2) is 36.4 Å². The van der Waals surface area contributed by atoms with Gasteiger partial charge in [0.25, 0.3) is 0 Å². The number of carbonyl (C=O) groups excluding carboxylic acids is 2. The van der Waals surface area contributed by atoms with Crippen molar-refractivity contribution in [2.75, 3.05) is 11.9 Å². The number of anilines is 1. The van der Waals surface area contributed by atoms with Crippen LogP contribution < -0.4 is 20.1 Å². The molecule has 2 aromatic carbocycles. The highest BCUT2D eigenvalue weighted by Crippen LogP contribution is 2.52. The van der Waals surface area contributed by atoms with Gasteiger partial charge in [0.05, 0.1) is 16.6 Å².